The van der Waals surface area contributed by atoms with Crippen LogP contribution in [-0.2, 0) is 0 Å². The van der Waals surface area contributed by atoms with Gasteiger partial charge in [0.05, 0.1) is 5.69 Å². The quantitative estimate of drug-likeness (QED) is 0.754. The molecule has 0 aliphatic rings. The molecule has 0 saturated carbocycles. The fourth-order valence-corrected chi connectivity index (χ4v) is 2.62. The third-order valence-corrected chi connectivity index (χ3v) is 3.69. The van der Waals surface area contributed by atoms with E-state index >= 15 is 0 Å². The number of hydrogen-bond donors (Lipinski definition) is 1. The first-order chi connectivity index (χ1) is 9.81. The molecule has 0 atom stereocenters. The highest BCUT2D eigenvalue weighted by Gasteiger charge is 2.01. The van der Waals surface area contributed by atoms with Crippen LogP contribution in [-0.4, -0.2) is 10.1 Å². The second-order valence-corrected chi connectivity index (χ2v) is 5.26. The number of thiazole rings is 1. The first kappa shape index (κ1) is 12.6. The van der Waals surface area contributed by atoms with E-state index < -0.39 is 0 Å². The average molecular weight is 279 g/mol. The average Bonchev–Trinajstić information content (AvgIpc) is 2.95. The molecule has 0 saturated heterocycles. The van der Waals surface area contributed by atoms with E-state index in [0.29, 0.717) is 0 Å². The van der Waals surface area contributed by atoms with Crippen LogP contribution in [0.1, 0.15) is 10.6 Å². The number of benzene rings is 2. The molecule has 1 N–H and O–H groups in total. The van der Waals surface area contributed by atoms with Crippen LogP contribution >= 0.6 is 11.3 Å². The maximum atomic E-state index is 9.42. The zero-order chi connectivity index (χ0) is 13.8. The Morgan fingerprint density at radius 3 is 2.60 bits per heavy atom. The van der Waals surface area contributed by atoms with Crippen LogP contribution in [0.25, 0.3) is 23.4 Å². The van der Waals surface area contributed by atoms with Crippen molar-refractivity contribution in [3.05, 3.63) is 70.5 Å². The zero-order valence-corrected chi connectivity index (χ0v) is 11.5. The standard InChI is InChI=1S/C17H13NOS/c19-15-8-4-5-13(11-15)9-10-17-18-16(12-20-17)14-6-2-1-3-7-14/h1-12,19H/b10-9+. The second-order valence-electron chi connectivity index (χ2n) is 4.37. The SMILES string of the molecule is Oc1cccc(/C=C/c2nc(-c3ccccc3)cs2)c1. The zero-order valence-electron chi connectivity index (χ0n) is 10.7. The molecule has 3 rings (SSSR count). The van der Waals surface area contributed by atoms with Crippen LogP contribution in [0.4, 0.5) is 0 Å². The molecule has 0 fully saturated rings. The van der Waals surface area contributed by atoms with E-state index in [-0.39, 0.29) is 5.75 Å². The van der Waals surface area contributed by atoms with Crippen LogP contribution in [0.15, 0.2) is 60.0 Å². The Hall–Kier alpha value is -2.39. The van der Waals surface area contributed by atoms with Crippen molar-refractivity contribution in [3.63, 3.8) is 0 Å². The summed E-state index contributed by atoms with van der Waals surface area (Å²) in [6, 6.07) is 17.3. The first-order valence-electron chi connectivity index (χ1n) is 6.29. The highest BCUT2D eigenvalue weighted by molar-refractivity contribution is 7.10. The van der Waals surface area contributed by atoms with Crippen LogP contribution < -0.4 is 0 Å². The second kappa shape index (κ2) is 5.72. The van der Waals surface area contributed by atoms with Crippen LogP contribution in [0.5, 0.6) is 5.75 Å². The van der Waals surface area contributed by atoms with Crippen LogP contribution in [0.3, 0.4) is 0 Å². The Morgan fingerprint density at radius 2 is 1.80 bits per heavy atom. The fraction of sp³-hybridized carbons (Fsp3) is 0. The molecule has 3 aromatic rings. The highest BCUT2D eigenvalue weighted by Crippen LogP contribution is 2.23. The molecule has 98 valence electrons. The highest BCUT2D eigenvalue weighted by atomic mass is 32.1. The fourth-order valence-electron chi connectivity index (χ4n) is 1.90. The van der Waals surface area contributed by atoms with Gasteiger partial charge in [-0.05, 0) is 23.8 Å². The molecule has 2 aromatic carbocycles. The molecule has 3 heteroatoms. The van der Waals surface area contributed by atoms with Gasteiger partial charge in [0.15, 0.2) is 0 Å². The van der Waals surface area contributed by atoms with Gasteiger partial charge < -0.3 is 5.11 Å². The molecule has 0 aliphatic carbocycles. The van der Waals surface area contributed by atoms with E-state index in [1.54, 1.807) is 23.5 Å². The molecule has 1 heterocycles. The Labute approximate surface area is 121 Å². The first-order valence-corrected chi connectivity index (χ1v) is 7.17. The number of phenolic OH excluding ortho intramolecular Hbond substituents is 1. The van der Waals surface area contributed by atoms with Crippen molar-refractivity contribution in [2.24, 2.45) is 0 Å². The van der Waals surface area contributed by atoms with E-state index in [1.165, 1.54) is 0 Å². The lowest BCUT2D eigenvalue weighted by Crippen LogP contribution is -1.77. The van der Waals surface area contributed by atoms with Crippen molar-refractivity contribution < 1.29 is 5.11 Å². The minimum absolute atomic E-state index is 0.274. The van der Waals surface area contributed by atoms with Gasteiger partial charge in [0.1, 0.15) is 10.8 Å². The van der Waals surface area contributed by atoms with Crippen LogP contribution in [0, 0.1) is 0 Å². The summed E-state index contributed by atoms with van der Waals surface area (Å²) in [5.41, 5.74) is 3.08. The number of aromatic hydroxyl groups is 1. The van der Waals surface area contributed by atoms with Crippen LogP contribution in [0.2, 0.25) is 0 Å². The van der Waals surface area contributed by atoms with Gasteiger partial charge in [-0.2, -0.15) is 0 Å². The summed E-state index contributed by atoms with van der Waals surface area (Å²) in [7, 11) is 0. The summed E-state index contributed by atoms with van der Waals surface area (Å²) in [6.07, 6.45) is 3.92. The summed E-state index contributed by atoms with van der Waals surface area (Å²) >= 11 is 1.61. The largest absolute Gasteiger partial charge is 0.508 e. The molecule has 0 amide bonds. The molecule has 0 spiro atoms. The number of hydrogen-bond acceptors (Lipinski definition) is 3. The molecule has 0 radical (unpaired) electrons. The Morgan fingerprint density at radius 1 is 0.950 bits per heavy atom. The summed E-state index contributed by atoms with van der Waals surface area (Å²) in [5, 5.41) is 12.4. The van der Waals surface area contributed by atoms with Gasteiger partial charge in [-0.15, -0.1) is 11.3 Å². The van der Waals surface area contributed by atoms with E-state index in [9.17, 15) is 5.11 Å². The monoisotopic (exact) mass is 279 g/mol. The molecule has 0 aliphatic heterocycles. The van der Waals surface area contributed by atoms with E-state index in [1.807, 2.05) is 42.5 Å². The van der Waals surface area contributed by atoms with E-state index in [2.05, 4.69) is 22.5 Å². The van der Waals surface area contributed by atoms with Gasteiger partial charge in [-0.25, -0.2) is 4.98 Å². The van der Waals surface area contributed by atoms with Crippen molar-refractivity contribution >= 4 is 23.5 Å². The predicted molar refractivity (Wildman–Crippen MR) is 84.6 cm³/mol. The van der Waals surface area contributed by atoms with Gasteiger partial charge in [0.2, 0.25) is 0 Å². The molecule has 0 bridgehead atoms. The number of phenols is 1. The topological polar surface area (TPSA) is 33.1 Å². The third-order valence-electron chi connectivity index (χ3n) is 2.88. The molecule has 1 aromatic heterocycles. The van der Waals surface area contributed by atoms with Gasteiger partial charge in [0.25, 0.3) is 0 Å². The molecular formula is C17H13NOS. The van der Waals surface area contributed by atoms with Crippen molar-refractivity contribution in [2.75, 3.05) is 0 Å². The Kier molecular flexibility index (Phi) is 3.61. The lowest BCUT2D eigenvalue weighted by atomic mass is 10.2. The summed E-state index contributed by atoms with van der Waals surface area (Å²) in [6.45, 7) is 0. The van der Waals surface area contributed by atoms with Crippen molar-refractivity contribution in [1.29, 1.82) is 0 Å². The minimum Gasteiger partial charge on any atom is -0.508 e. The maximum absolute atomic E-state index is 9.42. The van der Waals surface area contributed by atoms with Gasteiger partial charge in [0, 0.05) is 10.9 Å². The summed E-state index contributed by atoms with van der Waals surface area (Å²) < 4.78 is 0. The van der Waals surface area contributed by atoms with Gasteiger partial charge in [-0.1, -0.05) is 48.5 Å². The van der Waals surface area contributed by atoms with E-state index in [0.717, 1.165) is 21.8 Å². The van der Waals surface area contributed by atoms with Gasteiger partial charge >= 0.3 is 0 Å². The number of nitrogens with zero attached hydrogens (tertiary/aromatic N) is 1. The Balaban J connectivity index is 1.81. The maximum Gasteiger partial charge on any atom is 0.116 e. The summed E-state index contributed by atoms with van der Waals surface area (Å²) in [5.74, 6) is 0.274. The summed E-state index contributed by atoms with van der Waals surface area (Å²) in [4.78, 5) is 4.59. The molecule has 0 unspecified atom stereocenters. The van der Waals surface area contributed by atoms with E-state index in [4.69, 9.17) is 0 Å². The number of rotatable bonds is 3. The number of aromatic nitrogens is 1. The van der Waals surface area contributed by atoms with Crippen molar-refractivity contribution in [1.82, 2.24) is 4.98 Å². The minimum atomic E-state index is 0.274. The normalized spacial score (nSPS) is 11.0. The lowest BCUT2D eigenvalue weighted by Gasteiger charge is -1.94. The van der Waals surface area contributed by atoms with Crippen molar-refractivity contribution in [3.8, 4) is 17.0 Å². The van der Waals surface area contributed by atoms with Crippen molar-refractivity contribution in [2.45, 2.75) is 0 Å². The third kappa shape index (κ3) is 2.95. The smallest absolute Gasteiger partial charge is 0.116 e. The molecular weight excluding hydrogens is 266 g/mol. The lowest BCUT2D eigenvalue weighted by molar-refractivity contribution is 0.475. The Bertz CT molecular complexity index is 732. The van der Waals surface area contributed by atoms with Gasteiger partial charge in [-0.3, -0.25) is 0 Å². The molecule has 2 nitrogen and oxygen atoms in total. The predicted octanol–water partition coefficient (Wildman–Crippen LogP) is 4.69. The molecule has 20 heavy (non-hydrogen) atoms.